The SMILES string of the molecule is CCCCCS(=O)(=O)CC(=O)NC(c1ccc(CCC)cc1)c1cccs1. The average Bonchev–Trinajstić information content (AvgIpc) is 3.15. The Morgan fingerprint density at radius 2 is 1.81 bits per heavy atom. The van der Waals surface area contributed by atoms with Crippen LogP contribution in [-0.2, 0) is 21.1 Å². The van der Waals surface area contributed by atoms with Crippen LogP contribution in [0.15, 0.2) is 41.8 Å². The van der Waals surface area contributed by atoms with Gasteiger partial charge in [0.2, 0.25) is 5.91 Å². The summed E-state index contributed by atoms with van der Waals surface area (Å²) < 4.78 is 24.4. The van der Waals surface area contributed by atoms with Crippen molar-refractivity contribution >= 4 is 27.1 Å². The van der Waals surface area contributed by atoms with Crippen molar-refractivity contribution in [2.75, 3.05) is 11.5 Å². The molecule has 148 valence electrons. The van der Waals surface area contributed by atoms with E-state index in [0.717, 1.165) is 36.1 Å². The Kier molecular flexibility index (Phi) is 8.51. The highest BCUT2D eigenvalue weighted by molar-refractivity contribution is 7.92. The van der Waals surface area contributed by atoms with Gasteiger partial charge in [-0.15, -0.1) is 11.3 Å². The smallest absolute Gasteiger partial charge is 0.235 e. The van der Waals surface area contributed by atoms with E-state index in [1.807, 2.05) is 36.6 Å². The van der Waals surface area contributed by atoms with Crippen LogP contribution >= 0.6 is 11.3 Å². The summed E-state index contributed by atoms with van der Waals surface area (Å²) in [4.78, 5) is 13.4. The van der Waals surface area contributed by atoms with Crippen LogP contribution in [0.25, 0.3) is 0 Å². The molecule has 0 spiro atoms. The summed E-state index contributed by atoms with van der Waals surface area (Å²) >= 11 is 1.55. The standard InChI is InChI=1S/C21H29NO3S2/c1-3-5-6-15-27(24,25)16-20(23)22-21(19-9-7-14-26-19)18-12-10-17(8-4-2)11-13-18/h7,9-14,21H,3-6,8,15-16H2,1-2H3,(H,22,23). The third kappa shape index (κ3) is 7.11. The molecule has 2 rings (SSSR count). The third-order valence-corrected chi connectivity index (χ3v) is 6.94. The Balaban J connectivity index is 2.10. The quantitative estimate of drug-likeness (QED) is 0.557. The van der Waals surface area contributed by atoms with E-state index in [2.05, 4.69) is 24.4 Å². The second-order valence-electron chi connectivity index (χ2n) is 6.81. The highest BCUT2D eigenvalue weighted by atomic mass is 32.2. The van der Waals surface area contributed by atoms with Crippen molar-refractivity contribution in [3.05, 3.63) is 57.8 Å². The number of rotatable bonds is 11. The van der Waals surface area contributed by atoms with Gasteiger partial charge in [-0.2, -0.15) is 0 Å². The van der Waals surface area contributed by atoms with Crippen LogP contribution < -0.4 is 5.32 Å². The van der Waals surface area contributed by atoms with Crippen molar-refractivity contribution in [2.45, 2.75) is 52.0 Å². The van der Waals surface area contributed by atoms with E-state index in [1.54, 1.807) is 11.3 Å². The normalized spacial score (nSPS) is 12.7. The molecular formula is C21H29NO3S2. The lowest BCUT2D eigenvalue weighted by Crippen LogP contribution is -2.34. The first-order valence-corrected chi connectivity index (χ1v) is 12.3. The van der Waals surface area contributed by atoms with Crippen LogP contribution in [0, 0.1) is 0 Å². The number of nitrogens with one attached hydrogen (secondary N) is 1. The summed E-state index contributed by atoms with van der Waals surface area (Å²) in [6.07, 6.45) is 4.53. The molecule has 1 atom stereocenters. The number of unbranched alkanes of at least 4 members (excludes halogenated alkanes) is 2. The molecule has 0 fully saturated rings. The van der Waals surface area contributed by atoms with Crippen molar-refractivity contribution in [1.82, 2.24) is 5.32 Å². The lowest BCUT2D eigenvalue weighted by Gasteiger charge is -2.18. The summed E-state index contributed by atoms with van der Waals surface area (Å²) in [5.74, 6) is -0.821. The molecule has 1 heterocycles. The second kappa shape index (κ2) is 10.6. The molecule has 4 nitrogen and oxygen atoms in total. The van der Waals surface area contributed by atoms with Crippen LogP contribution in [-0.4, -0.2) is 25.8 Å². The topological polar surface area (TPSA) is 63.2 Å². The molecule has 6 heteroatoms. The number of hydrogen-bond donors (Lipinski definition) is 1. The maximum absolute atomic E-state index is 12.5. The van der Waals surface area contributed by atoms with E-state index >= 15 is 0 Å². The predicted molar refractivity (Wildman–Crippen MR) is 113 cm³/mol. The lowest BCUT2D eigenvalue weighted by atomic mass is 10.0. The Bertz CT molecular complexity index is 796. The van der Waals surface area contributed by atoms with Crippen LogP contribution in [0.4, 0.5) is 0 Å². The van der Waals surface area contributed by atoms with Crippen molar-refractivity contribution in [3.63, 3.8) is 0 Å². The minimum Gasteiger partial charge on any atom is -0.343 e. The van der Waals surface area contributed by atoms with Crippen LogP contribution in [0.3, 0.4) is 0 Å². The van der Waals surface area contributed by atoms with Gasteiger partial charge in [0.25, 0.3) is 0 Å². The van der Waals surface area contributed by atoms with Gasteiger partial charge < -0.3 is 5.32 Å². The number of hydrogen-bond acceptors (Lipinski definition) is 4. The summed E-state index contributed by atoms with van der Waals surface area (Å²) in [5, 5.41) is 4.89. The monoisotopic (exact) mass is 407 g/mol. The Morgan fingerprint density at radius 3 is 2.41 bits per heavy atom. The summed E-state index contributed by atoms with van der Waals surface area (Å²) in [7, 11) is -3.37. The van der Waals surface area contributed by atoms with E-state index in [1.165, 1.54) is 5.56 Å². The largest absolute Gasteiger partial charge is 0.343 e. The highest BCUT2D eigenvalue weighted by Crippen LogP contribution is 2.26. The fraction of sp³-hybridized carbons (Fsp3) is 0.476. The van der Waals surface area contributed by atoms with E-state index < -0.39 is 21.5 Å². The van der Waals surface area contributed by atoms with Crippen molar-refractivity contribution in [2.24, 2.45) is 0 Å². The zero-order valence-corrected chi connectivity index (χ0v) is 17.7. The number of aryl methyl sites for hydroxylation is 1. The molecule has 1 N–H and O–H groups in total. The molecule has 1 amide bonds. The minimum absolute atomic E-state index is 0.0731. The lowest BCUT2D eigenvalue weighted by molar-refractivity contribution is -0.119. The average molecular weight is 408 g/mol. The van der Waals surface area contributed by atoms with Gasteiger partial charge in [-0.1, -0.05) is 63.4 Å². The molecule has 27 heavy (non-hydrogen) atoms. The maximum atomic E-state index is 12.5. The molecule has 0 radical (unpaired) electrons. The molecule has 0 aliphatic heterocycles. The van der Waals surface area contributed by atoms with E-state index in [9.17, 15) is 13.2 Å². The van der Waals surface area contributed by atoms with Crippen LogP contribution in [0.1, 0.15) is 61.6 Å². The van der Waals surface area contributed by atoms with Crippen molar-refractivity contribution < 1.29 is 13.2 Å². The first-order valence-electron chi connectivity index (χ1n) is 9.57. The third-order valence-electron chi connectivity index (χ3n) is 4.39. The van der Waals surface area contributed by atoms with Gasteiger partial charge in [0, 0.05) is 4.88 Å². The van der Waals surface area contributed by atoms with E-state index in [-0.39, 0.29) is 11.8 Å². The molecule has 2 aromatic rings. The summed E-state index contributed by atoms with van der Waals surface area (Å²) in [6.45, 7) is 4.17. The molecular weight excluding hydrogens is 378 g/mol. The number of carbonyl (C=O) groups excluding carboxylic acids is 1. The van der Waals surface area contributed by atoms with Crippen molar-refractivity contribution in [3.8, 4) is 0 Å². The molecule has 0 saturated carbocycles. The number of carbonyl (C=O) groups is 1. The van der Waals surface area contributed by atoms with Crippen molar-refractivity contribution in [1.29, 1.82) is 0 Å². The maximum Gasteiger partial charge on any atom is 0.235 e. The van der Waals surface area contributed by atoms with Gasteiger partial charge in [0.15, 0.2) is 9.84 Å². The molecule has 0 aliphatic carbocycles. The highest BCUT2D eigenvalue weighted by Gasteiger charge is 2.22. The van der Waals surface area contributed by atoms with Gasteiger partial charge >= 0.3 is 0 Å². The second-order valence-corrected chi connectivity index (χ2v) is 9.97. The van der Waals surface area contributed by atoms with Gasteiger partial charge in [-0.25, -0.2) is 8.42 Å². The Labute approximate surface area is 166 Å². The van der Waals surface area contributed by atoms with Gasteiger partial charge in [-0.05, 0) is 35.4 Å². The molecule has 1 aromatic heterocycles. The van der Waals surface area contributed by atoms with E-state index in [0.29, 0.717) is 6.42 Å². The molecule has 0 aliphatic rings. The Morgan fingerprint density at radius 1 is 1.07 bits per heavy atom. The first-order chi connectivity index (χ1) is 12.9. The first kappa shape index (κ1) is 21.6. The fourth-order valence-electron chi connectivity index (χ4n) is 2.99. The Hall–Kier alpha value is -1.66. The molecule has 0 bridgehead atoms. The van der Waals surface area contributed by atoms with Gasteiger partial charge in [0.1, 0.15) is 5.75 Å². The van der Waals surface area contributed by atoms with E-state index in [4.69, 9.17) is 0 Å². The fourth-order valence-corrected chi connectivity index (χ4v) is 5.06. The zero-order chi connectivity index (χ0) is 19.7. The van der Waals surface area contributed by atoms with Crippen LogP contribution in [0.5, 0.6) is 0 Å². The van der Waals surface area contributed by atoms with Gasteiger partial charge in [-0.3, -0.25) is 4.79 Å². The predicted octanol–water partition coefficient (Wildman–Crippen LogP) is 4.51. The molecule has 1 aromatic carbocycles. The number of sulfone groups is 1. The zero-order valence-electron chi connectivity index (χ0n) is 16.1. The molecule has 1 unspecified atom stereocenters. The number of thiophene rings is 1. The summed E-state index contributed by atoms with van der Waals surface area (Å²) in [5.41, 5.74) is 2.23. The van der Waals surface area contributed by atoms with Gasteiger partial charge in [0.05, 0.1) is 11.8 Å². The minimum atomic E-state index is -3.37. The number of benzene rings is 1. The van der Waals surface area contributed by atoms with Crippen LogP contribution in [0.2, 0.25) is 0 Å². The summed E-state index contributed by atoms with van der Waals surface area (Å²) in [6, 6.07) is 11.8. The number of amides is 1. The molecule has 0 saturated heterocycles.